The number of aryl methyl sites for hydroxylation is 1. The lowest BCUT2D eigenvalue weighted by atomic mass is 9.89. The molecule has 2 aromatic carbocycles. The number of urea groups is 1. The molecule has 0 radical (unpaired) electrons. The average molecular weight is 598 g/mol. The van der Waals surface area contributed by atoms with Crippen LogP contribution in [0.2, 0.25) is 0 Å². The Morgan fingerprint density at radius 1 is 1.05 bits per heavy atom. The van der Waals surface area contributed by atoms with E-state index in [0.717, 1.165) is 42.4 Å². The number of benzene rings is 2. The van der Waals surface area contributed by atoms with Crippen LogP contribution in [0.25, 0.3) is 10.9 Å². The number of alkyl halides is 1. The Labute approximate surface area is 244 Å². The van der Waals surface area contributed by atoms with Crippen molar-refractivity contribution in [3.63, 3.8) is 0 Å². The zero-order valence-corrected chi connectivity index (χ0v) is 24.4. The summed E-state index contributed by atoms with van der Waals surface area (Å²) in [5.74, 6) is 0.643. The van der Waals surface area contributed by atoms with Crippen LogP contribution in [-0.2, 0) is 28.4 Å². The molecule has 3 N–H and O–H groups in total. The summed E-state index contributed by atoms with van der Waals surface area (Å²) < 4.78 is 43.5. The summed E-state index contributed by atoms with van der Waals surface area (Å²) in [7, 11) is -1.93. The van der Waals surface area contributed by atoms with Gasteiger partial charge in [-0.25, -0.2) is 17.6 Å². The van der Waals surface area contributed by atoms with Gasteiger partial charge in [0.2, 0.25) is 15.9 Å². The Balaban J connectivity index is 1.10. The highest BCUT2D eigenvalue weighted by molar-refractivity contribution is 7.89. The van der Waals surface area contributed by atoms with Gasteiger partial charge in [-0.15, -0.1) is 0 Å². The third kappa shape index (κ3) is 5.53. The molecule has 3 fully saturated rings. The zero-order valence-electron chi connectivity index (χ0n) is 23.6. The number of carbonyl (C=O) groups excluding carboxylic acids is 2. The first-order valence-corrected chi connectivity index (χ1v) is 15.8. The number of amides is 3. The molecule has 0 aliphatic carbocycles. The van der Waals surface area contributed by atoms with Crippen LogP contribution in [0.4, 0.5) is 15.0 Å². The van der Waals surface area contributed by atoms with Gasteiger partial charge in [-0.2, -0.15) is 9.40 Å². The predicted molar refractivity (Wildman–Crippen MR) is 156 cm³/mol. The second-order valence-corrected chi connectivity index (χ2v) is 13.4. The molecule has 11 nitrogen and oxygen atoms in total. The van der Waals surface area contributed by atoms with Crippen LogP contribution in [0.5, 0.6) is 0 Å². The highest BCUT2D eigenvalue weighted by atomic mass is 32.2. The molecule has 6 rings (SSSR count). The molecule has 4 heterocycles. The summed E-state index contributed by atoms with van der Waals surface area (Å²) >= 11 is 0. The lowest BCUT2D eigenvalue weighted by Crippen LogP contribution is -2.50. The van der Waals surface area contributed by atoms with Crippen LogP contribution in [0.3, 0.4) is 0 Å². The second kappa shape index (κ2) is 11.4. The summed E-state index contributed by atoms with van der Waals surface area (Å²) in [5, 5.41) is 7.81. The standard InChI is InChI=1S/C29H36FN7O4S/c1-34-26-16-21(5-6-23(26)28(33-34)37-14-10-27(38)32-29(37)39)20-7-11-35(12-8-20)17-19-3-2-4-22(15-19)42(40,41)36-13-9-25(31)24(30)18-36/h2-6,15-16,20,24-25H,7-14,17-18,31H2,1H3,(H,32,38,39)/t24-,25+/m1/s1. The van der Waals surface area contributed by atoms with Crippen molar-refractivity contribution < 1.29 is 22.4 Å². The number of fused-ring (bicyclic) bond motifs is 1. The quantitative estimate of drug-likeness (QED) is 0.446. The Bertz CT molecular complexity index is 1620. The molecule has 1 aromatic heterocycles. The van der Waals surface area contributed by atoms with Crippen LogP contribution in [0.1, 0.15) is 42.7 Å². The molecule has 3 amide bonds. The highest BCUT2D eigenvalue weighted by Gasteiger charge is 2.34. The lowest BCUT2D eigenvalue weighted by molar-refractivity contribution is -0.120. The zero-order chi connectivity index (χ0) is 29.6. The smallest absolute Gasteiger partial charge is 0.325 e. The molecule has 3 aliphatic heterocycles. The predicted octanol–water partition coefficient (Wildman–Crippen LogP) is 2.46. The minimum atomic E-state index is -3.79. The molecule has 0 bridgehead atoms. The minimum Gasteiger partial charge on any atom is -0.325 e. The molecule has 13 heteroatoms. The lowest BCUT2D eigenvalue weighted by Gasteiger charge is -2.33. The van der Waals surface area contributed by atoms with Crippen molar-refractivity contribution in [2.24, 2.45) is 12.8 Å². The third-order valence-electron chi connectivity index (χ3n) is 8.72. The van der Waals surface area contributed by atoms with Crippen LogP contribution < -0.4 is 16.0 Å². The monoisotopic (exact) mass is 597 g/mol. The summed E-state index contributed by atoms with van der Waals surface area (Å²) in [6.07, 6.45) is 1.10. The summed E-state index contributed by atoms with van der Waals surface area (Å²) in [6, 6.07) is 12.1. The Kier molecular flexibility index (Phi) is 7.77. The van der Waals surface area contributed by atoms with Gasteiger partial charge < -0.3 is 5.73 Å². The molecule has 0 saturated carbocycles. The maximum absolute atomic E-state index is 14.1. The van der Waals surface area contributed by atoms with Crippen molar-refractivity contribution in [1.29, 1.82) is 0 Å². The summed E-state index contributed by atoms with van der Waals surface area (Å²) in [6.45, 7) is 2.69. The van der Waals surface area contributed by atoms with E-state index in [1.165, 1.54) is 14.8 Å². The van der Waals surface area contributed by atoms with Crippen molar-refractivity contribution in [2.75, 3.05) is 37.6 Å². The van der Waals surface area contributed by atoms with Gasteiger partial charge in [0.05, 0.1) is 10.4 Å². The van der Waals surface area contributed by atoms with Gasteiger partial charge >= 0.3 is 6.03 Å². The van der Waals surface area contributed by atoms with E-state index in [9.17, 15) is 22.4 Å². The number of sulfonamides is 1. The van der Waals surface area contributed by atoms with Gasteiger partial charge in [0.25, 0.3) is 0 Å². The van der Waals surface area contributed by atoms with Gasteiger partial charge in [0, 0.05) is 51.1 Å². The Morgan fingerprint density at radius 2 is 1.83 bits per heavy atom. The number of hydrogen-bond donors (Lipinski definition) is 2. The number of piperidine rings is 2. The molecule has 2 atom stereocenters. The molecule has 0 unspecified atom stereocenters. The van der Waals surface area contributed by atoms with E-state index in [1.54, 1.807) is 22.9 Å². The number of nitrogens with one attached hydrogen (secondary N) is 1. The normalized spacial score (nSPS) is 23.5. The number of carbonyl (C=O) groups is 2. The van der Waals surface area contributed by atoms with E-state index in [2.05, 4.69) is 27.4 Å². The first-order valence-electron chi connectivity index (χ1n) is 14.4. The van der Waals surface area contributed by atoms with E-state index in [4.69, 9.17) is 5.73 Å². The van der Waals surface area contributed by atoms with Crippen LogP contribution in [0.15, 0.2) is 47.4 Å². The van der Waals surface area contributed by atoms with Gasteiger partial charge in [0.15, 0.2) is 5.82 Å². The van der Waals surface area contributed by atoms with Gasteiger partial charge in [-0.05, 0) is 73.7 Å². The molecular weight excluding hydrogens is 561 g/mol. The molecule has 0 spiro atoms. The maximum atomic E-state index is 14.1. The number of aromatic nitrogens is 2. The number of halogens is 1. The van der Waals surface area contributed by atoms with Gasteiger partial charge in [-0.1, -0.05) is 18.2 Å². The van der Waals surface area contributed by atoms with Gasteiger partial charge in [0.1, 0.15) is 6.17 Å². The van der Waals surface area contributed by atoms with Crippen molar-refractivity contribution in [3.8, 4) is 0 Å². The number of imide groups is 1. The SMILES string of the molecule is Cn1nc(N2CCC(=O)NC2=O)c2ccc(C3CCN(Cc4cccc(S(=O)(=O)N5CC[C@H](N)[C@H](F)C5)c4)CC3)cc21. The molecule has 224 valence electrons. The van der Waals surface area contributed by atoms with Crippen molar-refractivity contribution in [3.05, 3.63) is 53.6 Å². The average Bonchev–Trinajstić information content (AvgIpc) is 3.30. The topological polar surface area (TPSA) is 134 Å². The highest BCUT2D eigenvalue weighted by Crippen LogP contribution is 2.34. The molecule has 3 aromatic rings. The van der Waals surface area contributed by atoms with Crippen LogP contribution in [-0.4, -0.2) is 84.3 Å². The van der Waals surface area contributed by atoms with Crippen molar-refractivity contribution in [2.45, 2.75) is 55.3 Å². The summed E-state index contributed by atoms with van der Waals surface area (Å²) in [4.78, 5) is 28.0. The number of hydrogen-bond acceptors (Lipinski definition) is 7. The number of nitrogens with zero attached hydrogens (tertiary/aromatic N) is 5. The van der Waals surface area contributed by atoms with Crippen molar-refractivity contribution in [1.82, 2.24) is 24.3 Å². The first kappa shape index (κ1) is 28.7. The van der Waals surface area contributed by atoms with E-state index in [0.29, 0.717) is 31.2 Å². The molecule has 42 heavy (non-hydrogen) atoms. The number of nitrogens with two attached hydrogens (primary N) is 1. The minimum absolute atomic E-state index is 0.190. The largest absolute Gasteiger partial charge is 0.329 e. The first-order chi connectivity index (χ1) is 20.1. The van der Waals surface area contributed by atoms with E-state index < -0.39 is 28.3 Å². The van der Waals surface area contributed by atoms with Crippen LogP contribution in [0, 0.1) is 0 Å². The Morgan fingerprint density at radius 3 is 2.57 bits per heavy atom. The fraction of sp³-hybridized carbons (Fsp3) is 0.483. The molecule has 3 saturated heterocycles. The van der Waals surface area contributed by atoms with Crippen molar-refractivity contribution >= 4 is 38.7 Å². The van der Waals surface area contributed by atoms with E-state index in [1.807, 2.05) is 19.2 Å². The van der Waals surface area contributed by atoms with E-state index in [-0.39, 0.29) is 30.3 Å². The van der Waals surface area contributed by atoms with E-state index >= 15 is 0 Å². The number of anilines is 1. The summed E-state index contributed by atoms with van der Waals surface area (Å²) in [5.41, 5.74) is 8.80. The molecule has 3 aliphatic rings. The Hall–Kier alpha value is -3.39. The third-order valence-corrected chi connectivity index (χ3v) is 10.6. The number of likely N-dealkylation sites (tertiary alicyclic amines) is 1. The maximum Gasteiger partial charge on any atom is 0.329 e. The second-order valence-electron chi connectivity index (χ2n) is 11.5. The fourth-order valence-corrected chi connectivity index (χ4v) is 7.76. The fourth-order valence-electron chi connectivity index (χ4n) is 6.22. The number of rotatable bonds is 6. The van der Waals surface area contributed by atoms with Crippen LogP contribution >= 0.6 is 0 Å². The molecular formula is C29H36FN7O4S. The van der Waals surface area contributed by atoms with Gasteiger partial charge in [-0.3, -0.25) is 24.6 Å².